The number of hydrogen-bond acceptors (Lipinski definition) is 4. The number of cyclic esters (lactones) is 1. The first-order chi connectivity index (χ1) is 16.4. The van der Waals surface area contributed by atoms with Gasteiger partial charge in [0.1, 0.15) is 6.10 Å². The number of carbonyl (C=O) groups excluding carboxylic acids is 2. The molecule has 198 valence electrons. The largest absolute Gasteiger partial charge is 0.481 e. The van der Waals surface area contributed by atoms with Gasteiger partial charge in [-0.3, -0.25) is 14.4 Å². The van der Waals surface area contributed by atoms with Gasteiger partial charge in [-0.25, -0.2) is 0 Å². The van der Waals surface area contributed by atoms with E-state index in [1.807, 2.05) is 0 Å². The van der Waals surface area contributed by atoms with Gasteiger partial charge in [0.2, 0.25) is 5.91 Å². The Hall–Kier alpha value is -1.59. The van der Waals surface area contributed by atoms with E-state index >= 15 is 0 Å². The van der Waals surface area contributed by atoms with Crippen LogP contribution in [0.2, 0.25) is 0 Å². The smallest absolute Gasteiger partial charge is 0.313 e. The van der Waals surface area contributed by atoms with Gasteiger partial charge >= 0.3 is 11.9 Å². The lowest BCUT2D eigenvalue weighted by atomic mass is 9.76. The van der Waals surface area contributed by atoms with Gasteiger partial charge in [0.15, 0.2) is 0 Å². The molecule has 0 aromatic rings. The quantitative estimate of drug-likeness (QED) is 0.123. The lowest BCUT2D eigenvalue weighted by Gasteiger charge is -2.38. The van der Waals surface area contributed by atoms with Gasteiger partial charge in [0.25, 0.3) is 0 Å². The van der Waals surface area contributed by atoms with Gasteiger partial charge in [-0.15, -0.1) is 0 Å². The van der Waals surface area contributed by atoms with Crippen LogP contribution in [0.25, 0.3) is 0 Å². The molecule has 1 aliphatic heterocycles. The highest BCUT2D eigenvalue weighted by molar-refractivity contribution is 5.78. The summed E-state index contributed by atoms with van der Waals surface area (Å²) in [7, 11) is 0. The fourth-order valence-corrected chi connectivity index (χ4v) is 5.26. The van der Waals surface area contributed by atoms with Crippen LogP contribution in [0.5, 0.6) is 0 Å². The standard InChI is InChI=1S/C28H51NO5/c1-3-5-7-9-10-11-12-13-14-17-22(23(27(31)32)19-16-20-26(29)30)21-25-24(28(33)34-25)18-15-8-6-4-2/h22-25H,3-21H2,1-2H3,(H2,29,30)(H,31,32)/t22?,23?,24-,25-/m0/s1. The monoisotopic (exact) mass is 481 g/mol. The molecular weight excluding hydrogens is 430 g/mol. The molecule has 1 aliphatic rings. The maximum absolute atomic E-state index is 12.1. The molecular formula is C28H51NO5. The summed E-state index contributed by atoms with van der Waals surface area (Å²) in [5.74, 6) is -1.96. The molecule has 0 aliphatic carbocycles. The van der Waals surface area contributed by atoms with Crippen LogP contribution in [0.3, 0.4) is 0 Å². The van der Waals surface area contributed by atoms with Gasteiger partial charge < -0.3 is 15.6 Å². The number of amides is 1. The molecule has 6 heteroatoms. The number of nitrogens with two attached hydrogens (primary N) is 1. The van der Waals surface area contributed by atoms with Crippen LogP contribution >= 0.6 is 0 Å². The van der Waals surface area contributed by atoms with Crippen LogP contribution in [-0.4, -0.2) is 29.1 Å². The van der Waals surface area contributed by atoms with Crippen LogP contribution in [0.1, 0.15) is 136 Å². The van der Waals surface area contributed by atoms with Crippen molar-refractivity contribution in [2.45, 2.75) is 142 Å². The molecule has 2 unspecified atom stereocenters. The van der Waals surface area contributed by atoms with Gasteiger partial charge in [-0.2, -0.15) is 0 Å². The van der Waals surface area contributed by atoms with Crippen molar-refractivity contribution in [3.8, 4) is 0 Å². The second kappa shape index (κ2) is 18.7. The minimum absolute atomic E-state index is 0.0360. The number of rotatable bonds is 23. The summed E-state index contributed by atoms with van der Waals surface area (Å²) < 4.78 is 5.50. The highest BCUT2D eigenvalue weighted by atomic mass is 16.6. The van der Waals surface area contributed by atoms with E-state index < -0.39 is 11.9 Å². The summed E-state index contributed by atoms with van der Waals surface area (Å²) in [5, 5.41) is 9.95. The Kier molecular flexibility index (Phi) is 16.7. The fourth-order valence-electron chi connectivity index (χ4n) is 5.26. The first-order valence-electron chi connectivity index (χ1n) is 14.1. The van der Waals surface area contributed by atoms with Crippen molar-refractivity contribution < 1.29 is 24.2 Å². The predicted octanol–water partition coefficient (Wildman–Crippen LogP) is 6.78. The molecule has 1 saturated heterocycles. The Bertz CT molecular complexity index is 579. The number of hydrogen-bond donors (Lipinski definition) is 2. The molecule has 3 N–H and O–H groups in total. The maximum atomic E-state index is 12.1. The van der Waals surface area contributed by atoms with Crippen molar-refractivity contribution in [1.82, 2.24) is 0 Å². The Morgan fingerprint density at radius 1 is 0.853 bits per heavy atom. The highest BCUT2D eigenvalue weighted by Gasteiger charge is 2.44. The summed E-state index contributed by atoms with van der Waals surface area (Å²) >= 11 is 0. The second-order valence-electron chi connectivity index (χ2n) is 10.3. The number of carboxylic acid groups (broad SMARTS) is 1. The third-order valence-electron chi connectivity index (χ3n) is 7.43. The lowest BCUT2D eigenvalue weighted by molar-refractivity contribution is -0.188. The van der Waals surface area contributed by atoms with Crippen LogP contribution in [0, 0.1) is 17.8 Å². The number of esters is 1. The highest BCUT2D eigenvalue weighted by Crippen LogP contribution is 2.37. The zero-order valence-electron chi connectivity index (χ0n) is 21.9. The van der Waals surface area contributed by atoms with E-state index in [-0.39, 0.29) is 36.2 Å². The topological polar surface area (TPSA) is 107 Å². The Morgan fingerprint density at radius 2 is 1.41 bits per heavy atom. The van der Waals surface area contributed by atoms with Crippen LogP contribution in [0.15, 0.2) is 0 Å². The molecule has 0 aromatic heterocycles. The summed E-state index contributed by atoms with van der Waals surface area (Å²) in [5.41, 5.74) is 5.26. The van der Waals surface area contributed by atoms with Crippen molar-refractivity contribution in [2.75, 3.05) is 0 Å². The predicted molar refractivity (Wildman–Crippen MR) is 136 cm³/mol. The van der Waals surface area contributed by atoms with E-state index in [2.05, 4.69) is 13.8 Å². The summed E-state index contributed by atoms with van der Waals surface area (Å²) in [6.07, 6.45) is 18.8. The zero-order chi connectivity index (χ0) is 25.2. The molecule has 4 atom stereocenters. The molecule has 1 fully saturated rings. The third kappa shape index (κ3) is 12.8. The molecule has 6 nitrogen and oxygen atoms in total. The number of unbranched alkanes of at least 4 members (excludes halogenated alkanes) is 11. The van der Waals surface area contributed by atoms with Crippen LogP contribution in [0.4, 0.5) is 0 Å². The number of ether oxygens (including phenoxy) is 1. The Morgan fingerprint density at radius 3 is 1.94 bits per heavy atom. The molecule has 0 spiro atoms. The fraction of sp³-hybridized carbons (Fsp3) is 0.893. The van der Waals surface area contributed by atoms with Crippen molar-refractivity contribution in [1.29, 1.82) is 0 Å². The van der Waals surface area contributed by atoms with E-state index in [4.69, 9.17) is 10.5 Å². The van der Waals surface area contributed by atoms with Crippen molar-refractivity contribution in [3.05, 3.63) is 0 Å². The molecule has 0 bridgehead atoms. The molecule has 1 rings (SSSR count). The minimum atomic E-state index is -0.810. The normalized spacial score (nSPS) is 19.3. The van der Waals surface area contributed by atoms with Crippen LogP contribution < -0.4 is 5.73 Å². The first kappa shape index (κ1) is 30.4. The van der Waals surface area contributed by atoms with E-state index in [0.717, 1.165) is 44.9 Å². The molecule has 0 saturated carbocycles. The summed E-state index contributed by atoms with van der Waals surface area (Å²) in [4.78, 5) is 35.4. The van der Waals surface area contributed by atoms with Gasteiger partial charge in [0.05, 0.1) is 11.8 Å². The van der Waals surface area contributed by atoms with E-state index in [1.54, 1.807) is 0 Å². The molecule has 1 heterocycles. The van der Waals surface area contributed by atoms with Gasteiger partial charge in [0, 0.05) is 6.42 Å². The second-order valence-corrected chi connectivity index (χ2v) is 10.3. The van der Waals surface area contributed by atoms with Gasteiger partial charge in [-0.05, 0) is 38.0 Å². The molecule has 34 heavy (non-hydrogen) atoms. The average molecular weight is 482 g/mol. The third-order valence-corrected chi connectivity index (χ3v) is 7.43. The van der Waals surface area contributed by atoms with E-state index in [1.165, 1.54) is 51.4 Å². The Balaban J connectivity index is 2.59. The van der Waals surface area contributed by atoms with Gasteiger partial charge in [-0.1, -0.05) is 97.3 Å². The lowest BCUT2D eigenvalue weighted by Crippen LogP contribution is -2.47. The van der Waals surface area contributed by atoms with Crippen molar-refractivity contribution in [2.24, 2.45) is 23.5 Å². The number of primary amides is 1. The molecule has 0 radical (unpaired) electrons. The summed E-state index contributed by atoms with van der Waals surface area (Å²) in [6, 6.07) is 0. The average Bonchev–Trinajstić information content (AvgIpc) is 2.79. The number of carbonyl (C=O) groups is 3. The Labute approximate surface area is 207 Å². The number of carboxylic acids is 1. The zero-order valence-corrected chi connectivity index (χ0v) is 21.9. The van der Waals surface area contributed by atoms with E-state index in [0.29, 0.717) is 19.3 Å². The maximum Gasteiger partial charge on any atom is 0.313 e. The van der Waals surface area contributed by atoms with Crippen molar-refractivity contribution >= 4 is 17.8 Å². The SMILES string of the molecule is CCCCCCCCCCCC(C[C@@H]1OC(=O)[C@H]1CCCCCC)C(CCCC(N)=O)C(=O)O. The minimum Gasteiger partial charge on any atom is -0.481 e. The molecule has 1 amide bonds. The molecule has 0 aromatic carbocycles. The van der Waals surface area contributed by atoms with Crippen molar-refractivity contribution in [3.63, 3.8) is 0 Å². The first-order valence-corrected chi connectivity index (χ1v) is 14.1. The van der Waals surface area contributed by atoms with Crippen LogP contribution in [-0.2, 0) is 19.1 Å². The van der Waals surface area contributed by atoms with E-state index in [9.17, 15) is 19.5 Å². The summed E-state index contributed by atoms with van der Waals surface area (Å²) in [6.45, 7) is 4.40. The number of aliphatic carboxylic acids is 1.